The smallest absolute Gasteiger partial charge is 0.354 e. The van der Waals surface area contributed by atoms with Gasteiger partial charge in [-0.1, -0.05) is 12.1 Å². The summed E-state index contributed by atoms with van der Waals surface area (Å²) in [7, 11) is 1.34. The van der Waals surface area contributed by atoms with Crippen LogP contribution in [0, 0.1) is 5.82 Å². The third-order valence-electron chi connectivity index (χ3n) is 2.79. The minimum atomic E-state index is -0.389. The predicted octanol–water partition coefficient (Wildman–Crippen LogP) is 3.10. The van der Waals surface area contributed by atoms with Gasteiger partial charge >= 0.3 is 5.97 Å². The van der Waals surface area contributed by atoms with Crippen molar-refractivity contribution in [1.82, 2.24) is 4.57 Å². The molecule has 0 aliphatic rings. The second-order valence-corrected chi connectivity index (χ2v) is 3.90. The van der Waals surface area contributed by atoms with E-state index >= 15 is 0 Å². The molecule has 0 bridgehead atoms. The third-order valence-corrected chi connectivity index (χ3v) is 2.79. The Kier molecular flexibility index (Phi) is 3.46. The lowest BCUT2D eigenvalue weighted by molar-refractivity contribution is 0.0588. The zero-order chi connectivity index (χ0) is 13.1. The molecular weight excluding hydrogens is 233 g/mol. The van der Waals surface area contributed by atoms with Crippen molar-refractivity contribution in [3.8, 4) is 11.1 Å². The van der Waals surface area contributed by atoms with Crippen LogP contribution in [0.15, 0.2) is 36.5 Å². The fourth-order valence-corrected chi connectivity index (χ4v) is 1.87. The number of hydrogen-bond acceptors (Lipinski definition) is 2. The molecule has 0 saturated carbocycles. The van der Waals surface area contributed by atoms with Gasteiger partial charge in [0.2, 0.25) is 0 Å². The first-order valence-electron chi connectivity index (χ1n) is 5.70. The summed E-state index contributed by atoms with van der Waals surface area (Å²) < 4.78 is 19.7. The highest BCUT2D eigenvalue weighted by Gasteiger charge is 2.14. The van der Waals surface area contributed by atoms with Crippen LogP contribution >= 0.6 is 0 Å². The maximum Gasteiger partial charge on any atom is 0.354 e. The van der Waals surface area contributed by atoms with Gasteiger partial charge in [0.15, 0.2) is 0 Å². The van der Waals surface area contributed by atoms with Crippen LogP contribution in [0.25, 0.3) is 11.1 Å². The molecule has 2 aromatic rings. The summed E-state index contributed by atoms with van der Waals surface area (Å²) >= 11 is 0. The van der Waals surface area contributed by atoms with Crippen molar-refractivity contribution >= 4 is 5.97 Å². The molecule has 0 N–H and O–H groups in total. The minimum absolute atomic E-state index is 0.295. The highest BCUT2D eigenvalue weighted by molar-refractivity contribution is 5.89. The molecule has 1 heterocycles. The minimum Gasteiger partial charge on any atom is -0.464 e. The summed E-state index contributed by atoms with van der Waals surface area (Å²) in [4.78, 5) is 11.6. The van der Waals surface area contributed by atoms with Gasteiger partial charge in [-0.25, -0.2) is 9.18 Å². The average molecular weight is 247 g/mol. The second kappa shape index (κ2) is 5.04. The molecule has 4 heteroatoms. The summed E-state index contributed by atoms with van der Waals surface area (Å²) in [5, 5.41) is 0. The first-order chi connectivity index (χ1) is 8.65. The average Bonchev–Trinajstić information content (AvgIpc) is 2.82. The van der Waals surface area contributed by atoms with Gasteiger partial charge in [-0.2, -0.15) is 0 Å². The summed E-state index contributed by atoms with van der Waals surface area (Å²) in [6.07, 6.45) is 1.82. The molecule has 18 heavy (non-hydrogen) atoms. The number of esters is 1. The van der Waals surface area contributed by atoms with Crippen LogP contribution in [-0.2, 0) is 11.3 Å². The van der Waals surface area contributed by atoms with Gasteiger partial charge in [-0.05, 0) is 30.7 Å². The second-order valence-electron chi connectivity index (χ2n) is 3.90. The highest BCUT2D eigenvalue weighted by atomic mass is 19.1. The van der Waals surface area contributed by atoms with Crippen LogP contribution in [-0.4, -0.2) is 17.6 Å². The van der Waals surface area contributed by atoms with Gasteiger partial charge in [-0.15, -0.1) is 0 Å². The number of nitrogens with zero attached hydrogens (tertiary/aromatic N) is 1. The lowest BCUT2D eigenvalue weighted by Gasteiger charge is -2.02. The third kappa shape index (κ3) is 2.27. The molecule has 0 radical (unpaired) electrons. The lowest BCUT2D eigenvalue weighted by Crippen LogP contribution is -2.08. The fraction of sp³-hybridized carbons (Fsp3) is 0.214. The first kappa shape index (κ1) is 12.4. The SMILES string of the molecule is CCn1cc(-c2cccc(F)c2)cc1C(=O)OC. The molecule has 3 nitrogen and oxygen atoms in total. The predicted molar refractivity (Wildman–Crippen MR) is 66.8 cm³/mol. The van der Waals surface area contributed by atoms with Crippen molar-refractivity contribution in [2.45, 2.75) is 13.5 Å². The molecule has 2 rings (SSSR count). The Morgan fingerprint density at radius 1 is 1.33 bits per heavy atom. The van der Waals surface area contributed by atoms with E-state index in [0.29, 0.717) is 12.2 Å². The van der Waals surface area contributed by atoms with Crippen molar-refractivity contribution in [3.05, 3.63) is 48.0 Å². The van der Waals surface area contributed by atoms with Gasteiger partial charge in [-0.3, -0.25) is 0 Å². The molecular formula is C14H14FNO2. The van der Waals surface area contributed by atoms with E-state index in [2.05, 4.69) is 0 Å². The van der Waals surface area contributed by atoms with E-state index in [-0.39, 0.29) is 11.8 Å². The molecule has 0 spiro atoms. The molecule has 94 valence electrons. The Morgan fingerprint density at radius 2 is 2.11 bits per heavy atom. The molecule has 0 atom stereocenters. The molecule has 0 unspecified atom stereocenters. The standard InChI is InChI=1S/C14H14FNO2/c1-3-16-9-11(8-13(16)14(17)18-2)10-5-4-6-12(15)7-10/h4-9H,3H2,1-2H3. The normalized spacial score (nSPS) is 10.4. The van der Waals surface area contributed by atoms with Gasteiger partial charge in [0.05, 0.1) is 7.11 Å². The summed E-state index contributed by atoms with van der Waals surface area (Å²) in [5.74, 6) is -0.684. The number of halogens is 1. The lowest BCUT2D eigenvalue weighted by atomic mass is 10.1. The van der Waals surface area contributed by atoms with Crippen molar-refractivity contribution < 1.29 is 13.9 Å². The van der Waals surface area contributed by atoms with Crippen LogP contribution < -0.4 is 0 Å². The maximum atomic E-state index is 13.2. The number of carbonyl (C=O) groups excluding carboxylic acids is 1. The number of ether oxygens (including phenoxy) is 1. The van der Waals surface area contributed by atoms with Crippen molar-refractivity contribution in [2.24, 2.45) is 0 Å². The van der Waals surface area contributed by atoms with Crippen LogP contribution in [0.4, 0.5) is 4.39 Å². The number of aromatic nitrogens is 1. The van der Waals surface area contributed by atoms with Gasteiger partial charge in [0.25, 0.3) is 0 Å². The van der Waals surface area contributed by atoms with Crippen molar-refractivity contribution in [3.63, 3.8) is 0 Å². The Bertz CT molecular complexity index is 575. The topological polar surface area (TPSA) is 31.2 Å². The Balaban J connectivity index is 2.47. The number of hydrogen-bond donors (Lipinski definition) is 0. The quantitative estimate of drug-likeness (QED) is 0.780. The Hall–Kier alpha value is -2.10. The van der Waals surface area contributed by atoms with Crippen LogP contribution in [0.3, 0.4) is 0 Å². The zero-order valence-corrected chi connectivity index (χ0v) is 10.3. The largest absolute Gasteiger partial charge is 0.464 e. The van der Waals surface area contributed by atoms with E-state index < -0.39 is 0 Å². The summed E-state index contributed by atoms with van der Waals surface area (Å²) in [5.41, 5.74) is 2.02. The highest BCUT2D eigenvalue weighted by Crippen LogP contribution is 2.23. The van der Waals surface area contributed by atoms with Crippen LogP contribution in [0.5, 0.6) is 0 Å². The molecule has 0 amide bonds. The number of carbonyl (C=O) groups is 1. The van der Waals surface area contributed by atoms with E-state index in [1.807, 2.05) is 13.1 Å². The first-order valence-corrected chi connectivity index (χ1v) is 5.70. The van der Waals surface area contributed by atoms with Crippen LogP contribution in [0.1, 0.15) is 17.4 Å². The monoisotopic (exact) mass is 247 g/mol. The van der Waals surface area contributed by atoms with Gasteiger partial charge in [0.1, 0.15) is 11.5 Å². The molecule has 0 aliphatic carbocycles. The molecule has 1 aromatic carbocycles. The van der Waals surface area contributed by atoms with E-state index in [1.165, 1.54) is 19.2 Å². The van der Waals surface area contributed by atoms with Gasteiger partial charge in [0, 0.05) is 18.3 Å². The molecule has 0 saturated heterocycles. The number of rotatable bonds is 3. The van der Waals surface area contributed by atoms with Crippen molar-refractivity contribution in [1.29, 1.82) is 0 Å². The maximum absolute atomic E-state index is 13.2. The zero-order valence-electron chi connectivity index (χ0n) is 10.3. The van der Waals surface area contributed by atoms with Crippen molar-refractivity contribution in [2.75, 3.05) is 7.11 Å². The van der Waals surface area contributed by atoms with E-state index in [9.17, 15) is 9.18 Å². The molecule has 0 aliphatic heterocycles. The summed E-state index contributed by atoms with van der Waals surface area (Å²) in [6.45, 7) is 2.58. The fourth-order valence-electron chi connectivity index (χ4n) is 1.87. The number of benzene rings is 1. The van der Waals surface area contributed by atoms with Crippen LogP contribution in [0.2, 0.25) is 0 Å². The molecule has 0 fully saturated rings. The molecule has 1 aromatic heterocycles. The number of methoxy groups -OCH3 is 1. The van der Waals surface area contributed by atoms with E-state index in [4.69, 9.17) is 4.74 Å². The Morgan fingerprint density at radius 3 is 2.72 bits per heavy atom. The summed E-state index contributed by atoms with van der Waals surface area (Å²) in [6, 6.07) is 7.99. The van der Waals surface area contributed by atoms with E-state index in [0.717, 1.165) is 11.1 Å². The van der Waals surface area contributed by atoms with Gasteiger partial charge < -0.3 is 9.30 Å². The Labute approximate surface area is 105 Å². The number of aryl methyl sites for hydroxylation is 1. The van der Waals surface area contributed by atoms with E-state index in [1.54, 1.807) is 22.8 Å².